The quantitative estimate of drug-likeness (QED) is 0.624. The van der Waals surface area contributed by atoms with Gasteiger partial charge in [-0.1, -0.05) is 11.8 Å². The summed E-state index contributed by atoms with van der Waals surface area (Å²) in [6.07, 6.45) is 3.60. The van der Waals surface area contributed by atoms with Crippen LogP contribution < -0.4 is 4.90 Å². The first kappa shape index (κ1) is 16.7. The summed E-state index contributed by atoms with van der Waals surface area (Å²) in [5.41, 5.74) is 3.03. The molecule has 126 valence electrons. The van der Waals surface area contributed by atoms with Crippen LogP contribution in [0.15, 0.2) is 35.7 Å². The Morgan fingerprint density at radius 3 is 2.33 bits per heavy atom. The van der Waals surface area contributed by atoms with Crippen LogP contribution in [-0.2, 0) is 4.79 Å². The lowest BCUT2D eigenvalue weighted by molar-refractivity contribution is -0.128. The first-order valence-corrected chi connectivity index (χ1v) is 8.98. The third-order valence-corrected chi connectivity index (χ3v) is 4.78. The molecule has 0 aromatic carbocycles. The van der Waals surface area contributed by atoms with Crippen molar-refractivity contribution in [3.8, 4) is 0 Å². The molecule has 1 aliphatic heterocycles. The summed E-state index contributed by atoms with van der Waals surface area (Å²) in [6.45, 7) is 7.07. The summed E-state index contributed by atoms with van der Waals surface area (Å²) in [4.78, 5) is 29.4. The predicted molar refractivity (Wildman–Crippen MR) is 95.3 cm³/mol. The Kier molecular flexibility index (Phi) is 5.30. The summed E-state index contributed by atoms with van der Waals surface area (Å²) in [6, 6.07) is 5.94. The maximum atomic E-state index is 12.4. The molecule has 0 saturated carbocycles. The second-order valence-corrected chi connectivity index (χ2v) is 6.74. The lowest BCUT2D eigenvalue weighted by Gasteiger charge is -2.36. The Balaban J connectivity index is 1.50. The molecule has 2 aromatic rings. The Morgan fingerprint density at radius 2 is 1.71 bits per heavy atom. The lowest BCUT2D eigenvalue weighted by atomic mass is 10.2. The number of carbonyl (C=O) groups excluding carboxylic acids is 1. The number of carbonyl (C=O) groups is 1. The molecule has 1 aliphatic rings. The Morgan fingerprint density at radius 1 is 1.08 bits per heavy atom. The smallest absolute Gasteiger partial charge is 0.233 e. The van der Waals surface area contributed by atoms with Crippen molar-refractivity contribution in [2.24, 2.45) is 0 Å². The highest BCUT2D eigenvalue weighted by atomic mass is 32.2. The van der Waals surface area contributed by atoms with E-state index in [1.165, 1.54) is 11.8 Å². The van der Waals surface area contributed by atoms with Gasteiger partial charge in [-0.3, -0.25) is 9.78 Å². The Labute approximate surface area is 146 Å². The molecule has 0 unspecified atom stereocenters. The van der Waals surface area contributed by atoms with Crippen LogP contribution in [-0.4, -0.2) is 57.7 Å². The van der Waals surface area contributed by atoms with Crippen LogP contribution in [0.25, 0.3) is 0 Å². The van der Waals surface area contributed by atoms with E-state index >= 15 is 0 Å². The van der Waals surface area contributed by atoms with Crippen molar-refractivity contribution in [3.05, 3.63) is 42.0 Å². The average Bonchev–Trinajstić information content (AvgIpc) is 2.60. The van der Waals surface area contributed by atoms with Crippen LogP contribution >= 0.6 is 11.8 Å². The van der Waals surface area contributed by atoms with Gasteiger partial charge in [-0.2, -0.15) is 0 Å². The number of hydrogen-bond acceptors (Lipinski definition) is 6. The van der Waals surface area contributed by atoms with E-state index in [0.29, 0.717) is 10.9 Å². The van der Waals surface area contributed by atoms with E-state index in [9.17, 15) is 4.79 Å². The van der Waals surface area contributed by atoms with Gasteiger partial charge in [0.2, 0.25) is 5.91 Å². The van der Waals surface area contributed by atoms with Gasteiger partial charge in [-0.05, 0) is 32.0 Å². The fraction of sp³-hybridized carbons (Fsp3) is 0.412. The minimum atomic E-state index is 0.150. The molecule has 1 saturated heterocycles. The number of piperazine rings is 1. The highest BCUT2D eigenvalue weighted by molar-refractivity contribution is 7.99. The number of anilines is 1. The highest BCUT2D eigenvalue weighted by Gasteiger charge is 2.21. The summed E-state index contributed by atoms with van der Waals surface area (Å²) < 4.78 is 0. The molecule has 24 heavy (non-hydrogen) atoms. The van der Waals surface area contributed by atoms with Gasteiger partial charge < -0.3 is 9.80 Å². The largest absolute Gasteiger partial charge is 0.368 e. The van der Waals surface area contributed by atoms with Gasteiger partial charge in [-0.15, -0.1) is 0 Å². The van der Waals surface area contributed by atoms with Gasteiger partial charge in [0.15, 0.2) is 5.16 Å². The van der Waals surface area contributed by atoms with Crippen molar-refractivity contribution in [1.29, 1.82) is 0 Å². The van der Waals surface area contributed by atoms with Crippen LogP contribution in [0.3, 0.4) is 0 Å². The van der Waals surface area contributed by atoms with Crippen molar-refractivity contribution in [2.45, 2.75) is 19.0 Å². The minimum Gasteiger partial charge on any atom is -0.368 e. The molecular formula is C17H21N5OS. The SMILES string of the molecule is Cc1cc(C)nc(SCC(=O)N2CCN(c3ccncc3)CC2)n1. The Bertz CT molecular complexity index is 681. The number of nitrogens with zero attached hydrogens (tertiary/aromatic N) is 5. The molecule has 3 heterocycles. The average molecular weight is 343 g/mol. The van der Waals surface area contributed by atoms with Gasteiger partial charge in [0.25, 0.3) is 0 Å². The number of rotatable bonds is 4. The van der Waals surface area contributed by atoms with Gasteiger partial charge in [0.05, 0.1) is 5.75 Å². The molecule has 1 amide bonds. The minimum absolute atomic E-state index is 0.150. The molecule has 0 radical (unpaired) electrons. The lowest BCUT2D eigenvalue weighted by Crippen LogP contribution is -2.49. The van der Waals surface area contributed by atoms with Crippen molar-refractivity contribution >= 4 is 23.4 Å². The van der Waals surface area contributed by atoms with E-state index in [1.807, 2.05) is 36.9 Å². The monoisotopic (exact) mass is 343 g/mol. The maximum absolute atomic E-state index is 12.4. The fourth-order valence-corrected chi connectivity index (χ4v) is 3.60. The van der Waals surface area contributed by atoms with E-state index in [1.54, 1.807) is 12.4 Å². The second kappa shape index (κ2) is 7.61. The van der Waals surface area contributed by atoms with E-state index < -0.39 is 0 Å². The predicted octanol–water partition coefficient (Wildman–Crippen LogP) is 1.93. The number of aryl methyl sites for hydroxylation is 2. The normalized spacial score (nSPS) is 14.8. The zero-order valence-corrected chi connectivity index (χ0v) is 14.8. The molecule has 0 bridgehead atoms. The molecule has 2 aromatic heterocycles. The first-order chi connectivity index (χ1) is 11.6. The molecule has 0 atom stereocenters. The maximum Gasteiger partial charge on any atom is 0.233 e. The third-order valence-electron chi connectivity index (χ3n) is 3.95. The van der Waals surface area contributed by atoms with Crippen molar-refractivity contribution in [3.63, 3.8) is 0 Å². The topological polar surface area (TPSA) is 62.2 Å². The molecule has 1 fully saturated rings. The standard InChI is InChI=1S/C17H21N5OS/c1-13-11-14(2)20-17(19-13)24-12-16(23)22-9-7-21(8-10-22)15-3-5-18-6-4-15/h3-6,11H,7-10,12H2,1-2H3. The van der Waals surface area contributed by atoms with Crippen LogP contribution in [0.4, 0.5) is 5.69 Å². The molecule has 0 spiro atoms. The van der Waals surface area contributed by atoms with Crippen molar-refractivity contribution in [2.75, 3.05) is 36.8 Å². The second-order valence-electron chi connectivity index (χ2n) is 5.80. The molecular weight excluding hydrogens is 322 g/mol. The highest BCUT2D eigenvalue weighted by Crippen LogP contribution is 2.17. The summed E-state index contributed by atoms with van der Waals surface area (Å²) in [5, 5.41) is 0.677. The molecule has 3 rings (SSSR count). The summed E-state index contributed by atoms with van der Waals surface area (Å²) in [7, 11) is 0. The van der Waals surface area contributed by atoms with Crippen LogP contribution in [0, 0.1) is 13.8 Å². The molecule has 0 N–H and O–H groups in total. The molecule has 6 nitrogen and oxygen atoms in total. The van der Waals surface area contributed by atoms with Crippen LogP contribution in [0.5, 0.6) is 0 Å². The first-order valence-electron chi connectivity index (χ1n) is 7.99. The van der Waals surface area contributed by atoms with Gasteiger partial charge >= 0.3 is 0 Å². The van der Waals surface area contributed by atoms with E-state index in [0.717, 1.165) is 43.3 Å². The number of amides is 1. The van der Waals surface area contributed by atoms with E-state index in [2.05, 4.69) is 19.9 Å². The number of thioether (sulfide) groups is 1. The van der Waals surface area contributed by atoms with E-state index in [-0.39, 0.29) is 5.91 Å². The Hall–Kier alpha value is -2.15. The van der Waals surface area contributed by atoms with Gasteiger partial charge in [-0.25, -0.2) is 9.97 Å². The molecule has 0 aliphatic carbocycles. The van der Waals surface area contributed by atoms with Crippen LogP contribution in [0.2, 0.25) is 0 Å². The van der Waals surface area contributed by atoms with E-state index in [4.69, 9.17) is 0 Å². The fourth-order valence-electron chi connectivity index (χ4n) is 2.74. The zero-order valence-electron chi connectivity index (χ0n) is 14.0. The van der Waals surface area contributed by atoms with Crippen molar-refractivity contribution < 1.29 is 4.79 Å². The third kappa shape index (κ3) is 4.23. The number of pyridine rings is 1. The summed E-state index contributed by atoms with van der Waals surface area (Å²) in [5.74, 6) is 0.537. The number of hydrogen-bond donors (Lipinski definition) is 0. The van der Waals surface area contributed by atoms with Gasteiger partial charge in [0, 0.05) is 55.6 Å². The summed E-state index contributed by atoms with van der Waals surface area (Å²) >= 11 is 1.41. The van der Waals surface area contributed by atoms with Crippen LogP contribution in [0.1, 0.15) is 11.4 Å². The number of aromatic nitrogens is 3. The van der Waals surface area contributed by atoms with Gasteiger partial charge in [0.1, 0.15) is 0 Å². The van der Waals surface area contributed by atoms with Crippen molar-refractivity contribution in [1.82, 2.24) is 19.9 Å². The molecule has 7 heteroatoms. The zero-order chi connectivity index (χ0) is 16.9.